The highest BCUT2D eigenvalue weighted by atomic mass is 19.4. The van der Waals surface area contributed by atoms with E-state index in [-0.39, 0.29) is 0 Å². The van der Waals surface area contributed by atoms with Gasteiger partial charge in [0.1, 0.15) is 0 Å². The maximum atomic E-state index is 16.6. The Morgan fingerprint density at radius 2 is 0.517 bits per heavy atom. The highest BCUT2D eigenvalue weighted by Gasteiger charge is 2.39. The lowest BCUT2D eigenvalue weighted by molar-refractivity contribution is -0.137. The monoisotopic (exact) mass is 1550 g/mol. The average molecular weight is 1550 g/mol. The second-order valence-corrected chi connectivity index (χ2v) is 31.3. The van der Waals surface area contributed by atoms with Gasteiger partial charge in [-0.3, -0.25) is 0 Å². The summed E-state index contributed by atoms with van der Waals surface area (Å²) >= 11 is 0. The first kappa shape index (κ1) is 68.7. The molecule has 0 spiro atoms. The predicted octanol–water partition coefficient (Wildman–Crippen LogP) is 30.0. The van der Waals surface area contributed by atoms with Crippen LogP contribution in [0.15, 0.2) is 401 Å². The summed E-state index contributed by atoms with van der Waals surface area (Å²) in [7, 11) is 0. The van der Waals surface area contributed by atoms with E-state index in [0.717, 1.165) is 203 Å². The Morgan fingerprint density at radius 3 is 0.875 bits per heavy atom. The standard InChI is InChI=1S/C110H70F3N7/c1-3-29-74(30-4-2)114-90-45-18-16-43-84(90)86-64-68(55-59-100(86)114)70-57-61-102-88(66-70)89-67-71(69-56-60-101-87(65-69)85-44-17-19-46-91(85)115(101)75-33-6-5-7-34-75)58-62-103(89)120(102)109-107(118-96-51-24-12-39-80(96)81-40-13-25-52-97(81)118)105(116-92-47-20-8-35-76(92)77-36-9-21-48-93(77)116)104(72-31-28-32-73(63-72)110(111,112)113)106(117-94-49-22-10-37-78(94)79-38-11-23-50-95(79)117)108(109)119-98-53-26-14-41-82(98)83-42-15-27-54-99(83)119/h3-67H,1H2,2H3/b30-4-,74-29+. The van der Waals surface area contributed by atoms with Gasteiger partial charge >= 0.3 is 6.18 Å². The van der Waals surface area contributed by atoms with E-state index in [1.54, 1.807) is 6.07 Å². The number of allylic oxidation sites excluding steroid dienone is 5. The zero-order chi connectivity index (χ0) is 79.8. The van der Waals surface area contributed by atoms with Crippen LogP contribution in [0.3, 0.4) is 0 Å². The van der Waals surface area contributed by atoms with E-state index in [0.29, 0.717) is 22.5 Å². The van der Waals surface area contributed by atoms with Gasteiger partial charge in [-0.1, -0.05) is 255 Å². The first-order chi connectivity index (χ1) is 59.2. The van der Waals surface area contributed by atoms with Gasteiger partial charge in [0.05, 0.1) is 111 Å². The van der Waals surface area contributed by atoms with Crippen LogP contribution in [-0.4, -0.2) is 32.0 Å². The largest absolute Gasteiger partial charge is 0.416 e. The highest BCUT2D eigenvalue weighted by molar-refractivity contribution is 6.21. The maximum Gasteiger partial charge on any atom is 0.416 e. The number of para-hydroxylation sites is 11. The zero-order valence-electron chi connectivity index (χ0n) is 65.0. The fourth-order valence-corrected chi connectivity index (χ4v) is 20.1. The molecule has 17 aromatic carbocycles. The Bertz CT molecular complexity index is 8100. The summed E-state index contributed by atoms with van der Waals surface area (Å²) in [4.78, 5) is 0. The number of halogens is 3. The van der Waals surface area contributed by atoms with E-state index in [4.69, 9.17) is 0 Å². The molecule has 0 amide bonds. The Balaban J connectivity index is 0.953. The second kappa shape index (κ2) is 26.4. The van der Waals surface area contributed by atoms with Gasteiger partial charge in [0.15, 0.2) is 0 Å². The summed E-state index contributed by atoms with van der Waals surface area (Å²) in [6.07, 6.45) is 3.37. The molecule has 566 valence electrons. The van der Waals surface area contributed by atoms with Crippen LogP contribution in [0.5, 0.6) is 0 Å². The highest BCUT2D eigenvalue weighted by Crippen LogP contribution is 2.56. The van der Waals surface area contributed by atoms with Crippen molar-refractivity contribution in [3.8, 4) is 67.5 Å². The predicted molar refractivity (Wildman–Crippen MR) is 496 cm³/mol. The third-order valence-corrected chi connectivity index (χ3v) is 25.0. The van der Waals surface area contributed by atoms with E-state index in [1.165, 1.54) is 12.1 Å². The Labute approximate surface area is 686 Å². The van der Waals surface area contributed by atoms with Gasteiger partial charge in [0.25, 0.3) is 0 Å². The van der Waals surface area contributed by atoms with Crippen LogP contribution in [0.4, 0.5) is 13.2 Å². The quantitative estimate of drug-likeness (QED) is 0.109. The number of hydrogen-bond acceptors (Lipinski definition) is 0. The van der Waals surface area contributed by atoms with Crippen molar-refractivity contribution in [1.82, 2.24) is 32.0 Å². The topological polar surface area (TPSA) is 34.5 Å². The summed E-state index contributed by atoms with van der Waals surface area (Å²) in [5.74, 6) is 0. The van der Waals surface area contributed by atoms with Crippen molar-refractivity contribution in [3.63, 3.8) is 0 Å². The Hall–Kier alpha value is -15.7. The summed E-state index contributed by atoms with van der Waals surface area (Å²) in [6, 6.07) is 130. The van der Waals surface area contributed by atoms with Crippen LogP contribution in [0.2, 0.25) is 0 Å². The number of alkyl halides is 3. The first-order valence-electron chi connectivity index (χ1n) is 40.7. The summed E-state index contributed by atoms with van der Waals surface area (Å²) in [6.45, 7) is 6.20. The van der Waals surface area contributed by atoms with Gasteiger partial charge in [-0.25, -0.2) is 0 Å². The molecule has 0 atom stereocenters. The lowest BCUT2D eigenvalue weighted by Crippen LogP contribution is -2.18. The van der Waals surface area contributed by atoms with E-state index in [2.05, 4.69) is 403 Å². The number of hydrogen-bond donors (Lipinski definition) is 0. The van der Waals surface area contributed by atoms with Gasteiger partial charge in [-0.15, -0.1) is 0 Å². The van der Waals surface area contributed by atoms with Gasteiger partial charge in [0.2, 0.25) is 0 Å². The third kappa shape index (κ3) is 9.99. The van der Waals surface area contributed by atoms with Gasteiger partial charge < -0.3 is 32.0 Å². The summed E-state index contributed by atoms with van der Waals surface area (Å²) in [5.41, 5.74) is 23.2. The Kier molecular flexibility index (Phi) is 15.1. The van der Waals surface area contributed by atoms with Crippen LogP contribution in [0.25, 0.3) is 226 Å². The van der Waals surface area contributed by atoms with Crippen LogP contribution in [-0.2, 0) is 6.18 Å². The van der Waals surface area contributed by atoms with Crippen LogP contribution in [0.1, 0.15) is 12.5 Å². The molecule has 120 heavy (non-hydrogen) atoms. The molecule has 10 heteroatoms. The number of aromatic nitrogens is 7. The zero-order valence-corrected chi connectivity index (χ0v) is 65.0. The average Bonchev–Trinajstić information content (AvgIpc) is 1.47. The van der Waals surface area contributed by atoms with Gasteiger partial charge in [-0.2, -0.15) is 13.2 Å². The Morgan fingerprint density at radius 1 is 0.250 bits per heavy atom. The van der Waals surface area contributed by atoms with Crippen molar-refractivity contribution >= 4 is 158 Å². The minimum Gasteiger partial charge on any atom is -0.309 e. The van der Waals surface area contributed by atoms with Crippen molar-refractivity contribution in [2.75, 3.05) is 0 Å². The van der Waals surface area contributed by atoms with Crippen molar-refractivity contribution in [2.24, 2.45) is 0 Å². The lowest BCUT2D eigenvalue weighted by Gasteiger charge is -2.32. The van der Waals surface area contributed by atoms with Crippen molar-refractivity contribution in [2.45, 2.75) is 13.1 Å². The molecule has 7 nitrogen and oxygen atoms in total. The molecule has 0 radical (unpaired) electrons. The van der Waals surface area contributed by atoms with Crippen LogP contribution < -0.4 is 0 Å². The first-order valence-corrected chi connectivity index (χ1v) is 40.7. The molecule has 24 aromatic rings. The number of rotatable bonds is 12. The van der Waals surface area contributed by atoms with E-state index < -0.39 is 11.7 Å². The molecule has 0 aliphatic rings. The number of nitrogens with zero attached hydrogens (tertiary/aromatic N) is 7. The lowest BCUT2D eigenvalue weighted by atomic mass is 9.93. The molecule has 0 bridgehead atoms. The van der Waals surface area contributed by atoms with Crippen LogP contribution in [0, 0.1) is 0 Å². The number of fused-ring (bicyclic) bond motifs is 21. The van der Waals surface area contributed by atoms with E-state index in [9.17, 15) is 0 Å². The third-order valence-electron chi connectivity index (χ3n) is 25.0. The fourth-order valence-electron chi connectivity index (χ4n) is 20.1. The molecule has 7 aromatic heterocycles. The molecule has 24 rings (SSSR count). The normalized spacial score (nSPS) is 12.6. The van der Waals surface area contributed by atoms with Crippen LogP contribution >= 0.6 is 0 Å². The summed E-state index contributed by atoms with van der Waals surface area (Å²) < 4.78 is 66.6. The smallest absolute Gasteiger partial charge is 0.309 e. The molecular formula is C110H70F3N7. The molecule has 0 fully saturated rings. The molecule has 0 aliphatic carbocycles. The molecule has 0 saturated carbocycles. The minimum absolute atomic E-state index is 0.365. The summed E-state index contributed by atoms with van der Waals surface area (Å²) in [5, 5.41) is 14.5. The van der Waals surface area contributed by atoms with Crippen molar-refractivity contribution < 1.29 is 13.2 Å². The van der Waals surface area contributed by atoms with Crippen molar-refractivity contribution in [3.05, 3.63) is 406 Å². The van der Waals surface area contributed by atoms with Gasteiger partial charge in [-0.05, 0) is 180 Å². The molecule has 7 heterocycles. The van der Waals surface area contributed by atoms with Crippen molar-refractivity contribution in [1.29, 1.82) is 0 Å². The molecule has 0 N–H and O–H groups in total. The second-order valence-electron chi connectivity index (χ2n) is 31.3. The molecule has 0 saturated heterocycles. The SMILES string of the molecule is C=C/C=C(\C=C/C)n1c2ccccc2c2cc(-c3ccc4c(c3)c3cc(-c5ccc6c(c5)c5ccccc5n6-c5ccccc5)ccc3n4-c3c(-n4c5ccccc5c5ccccc54)c(-n4c5ccccc5c5ccccc54)c(-c4cccc(C(F)(F)F)c4)c(-n4c5ccccc5c5ccccc54)c3-n3c4ccccc4c4ccccc43)ccc21. The molecule has 0 aliphatic heterocycles. The van der Waals surface area contributed by atoms with E-state index in [1.807, 2.05) is 19.1 Å². The molecule has 0 unspecified atom stereocenters. The van der Waals surface area contributed by atoms with Gasteiger partial charge in [0, 0.05) is 92.4 Å². The minimum atomic E-state index is -4.75. The fraction of sp³-hybridized carbons (Fsp3) is 0.0182. The van der Waals surface area contributed by atoms with E-state index >= 15 is 13.2 Å². The number of benzene rings is 17. The molecular weight excluding hydrogens is 1480 g/mol. The maximum absolute atomic E-state index is 16.6.